The number of fused-ring (bicyclic) bond motifs is 1. The van der Waals surface area contributed by atoms with Gasteiger partial charge in [0, 0.05) is 47.1 Å². The van der Waals surface area contributed by atoms with Crippen LogP contribution in [-0.4, -0.2) is 41.3 Å². The summed E-state index contributed by atoms with van der Waals surface area (Å²) >= 11 is 0. The molecule has 1 aliphatic rings. The van der Waals surface area contributed by atoms with Gasteiger partial charge in [0.1, 0.15) is 11.9 Å². The van der Waals surface area contributed by atoms with Crippen molar-refractivity contribution in [1.29, 1.82) is 0 Å². The lowest BCUT2D eigenvalue weighted by molar-refractivity contribution is 0.112. The summed E-state index contributed by atoms with van der Waals surface area (Å²) in [7, 11) is -1.78. The first-order valence-corrected chi connectivity index (χ1v) is 16.8. The van der Waals surface area contributed by atoms with Crippen molar-refractivity contribution < 1.29 is 9.22 Å². The van der Waals surface area contributed by atoms with Crippen LogP contribution in [0, 0.1) is 0 Å². The molecule has 1 saturated carbocycles. The van der Waals surface area contributed by atoms with E-state index in [9.17, 15) is 4.79 Å². The van der Waals surface area contributed by atoms with Crippen molar-refractivity contribution in [1.82, 2.24) is 14.5 Å². The number of benzene rings is 1. The lowest BCUT2D eigenvalue weighted by atomic mass is 9.93. The molecule has 2 heterocycles. The lowest BCUT2D eigenvalue weighted by Crippen LogP contribution is -2.44. The molecule has 0 saturated heterocycles. The highest BCUT2D eigenvalue weighted by Gasteiger charge is 2.40. The van der Waals surface area contributed by atoms with Gasteiger partial charge in [0.15, 0.2) is 8.32 Å². The predicted molar refractivity (Wildman–Crippen MR) is 156 cm³/mol. The summed E-state index contributed by atoms with van der Waals surface area (Å²) < 4.78 is 9.14. The molecule has 2 aromatic heterocycles. The Hall–Kier alpha value is -2.51. The predicted octanol–water partition coefficient (Wildman–Crippen LogP) is 8.02. The number of hydrogen-bond donors (Lipinski definition) is 1. The molecule has 1 aromatic carbocycles. The van der Waals surface area contributed by atoms with Gasteiger partial charge in [-0.25, -0.2) is 4.98 Å². The van der Waals surface area contributed by atoms with Crippen LogP contribution in [0.2, 0.25) is 18.1 Å². The molecule has 0 radical (unpaired) electrons. The highest BCUT2D eigenvalue weighted by Crippen LogP contribution is 2.41. The lowest BCUT2D eigenvalue weighted by Gasteiger charge is -2.41. The van der Waals surface area contributed by atoms with Crippen LogP contribution in [0.1, 0.15) is 89.5 Å². The monoisotopic (exact) mass is 520 g/mol. The average molecular weight is 521 g/mol. The maximum atomic E-state index is 11.2. The third-order valence-corrected chi connectivity index (χ3v) is 12.9. The number of carbonyl (C=O) groups is 1. The van der Waals surface area contributed by atoms with E-state index in [2.05, 4.69) is 68.8 Å². The summed E-state index contributed by atoms with van der Waals surface area (Å²) in [4.78, 5) is 20.9. The minimum atomic E-state index is -1.78. The molecule has 200 valence electrons. The van der Waals surface area contributed by atoms with Gasteiger partial charge in [-0.05, 0) is 62.7 Å². The maximum Gasteiger partial charge on any atom is 0.224 e. The molecule has 0 bridgehead atoms. The summed E-state index contributed by atoms with van der Waals surface area (Å²) in [6.45, 7) is 16.0. The highest BCUT2D eigenvalue weighted by molar-refractivity contribution is 6.74. The van der Waals surface area contributed by atoms with Gasteiger partial charge in [0.25, 0.3) is 0 Å². The van der Waals surface area contributed by atoms with Crippen LogP contribution < -0.4 is 5.32 Å². The smallest absolute Gasteiger partial charge is 0.224 e. The van der Waals surface area contributed by atoms with Crippen LogP contribution in [-0.2, 0) is 4.43 Å². The SMILES string of the molecule is CCCC(C)Nc1ncc2c(-c3ccc(C=O)cc3)cn(C3CCC(O[Si](C)(C)C(C)(C)C)CC3)c2n1. The van der Waals surface area contributed by atoms with E-state index in [0.717, 1.165) is 67.0 Å². The molecular formula is C30H44N4O2Si. The van der Waals surface area contributed by atoms with Gasteiger partial charge in [-0.1, -0.05) is 58.4 Å². The van der Waals surface area contributed by atoms with Crippen molar-refractivity contribution in [3.8, 4) is 11.1 Å². The van der Waals surface area contributed by atoms with Gasteiger partial charge in [-0.15, -0.1) is 0 Å². The van der Waals surface area contributed by atoms with Gasteiger partial charge < -0.3 is 14.3 Å². The van der Waals surface area contributed by atoms with Gasteiger partial charge >= 0.3 is 0 Å². The van der Waals surface area contributed by atoms with Crippen molar-refractivity contribution in [2.75, 3.05) is 5.32 Å². The number of rotatable bonds is 9. The Morgan fingerprint density at radius 1 is 1.16 bits per heavy atom. The molecule has 0 spiro atoms. The second kappa shape index (κ2) is 11.1. The first kappa shape index (κ1) is 27.5. The fraction of sp³-hybridized carbons (Fsp3) is 0.567. The van der Waals surface area contributed by atoms with Crippen LogP contribution >= 0.6 is 0 Å². The number of aldehydes is 1. The molecular weight excluding hydrogens is 476 g/mol. The van der Waals surface area contributed by atoms with E-state index in [1.807, 2.05) is 30.5 Å². The number of nitrogens with zero attached hydrogens (tertiary/aromatic N) is 3. The van der Waals surface area contributed by atoms with Crippen molar-refractivity contribution >= 4 is 31.6 Å². The van der Waals surface area contributed by atoms with Crippen molar-refractivity contribution in [3.63, 3.8) is 0 Å². The molecule has 1 atom stereocenters. The standard InChI is InChI=1S/C30H44N4O2Si/c1-8-9-21(2)32-29-31-18-26-27(23-12-10-22(20-35)11-13-23)19-34(28(26)33-29)24-14-16-25(17-15-24)36-37(6,7)30(3,4)5/h10-13,18-21,24-25H,8-9,14-17H2,1-7H3,(H,31,32,33). The van der Waals surface area contributed by atoms with E-state index in [1.165, 1.54) is 0 Å². The molecule has 37 heavy (non-hydrogen) atoms. The van der Waals surface area contributed by atoms with Gasteiger partial charge in [0.2, 0.25) is 5.95 Å². The topological polar surface area (TPSA) is 69.0 Å². The average Bonchev–Trinajstić information content (AvgIpc) is 3.22. The highest BCUT2D eigenvalue weighted by atomic mass is 28.4. The number of carbonyl (C=O) groups excluding carboxylic acids is 1. The van der Waals surface area contributed by atoms with Crippen LogP contribution in [0.5, 0.6) is 0 Å². The van der Waals surface area contributed by atoms with E-state index in [0.29, 0.717) is 29.7 Å². The fourth-order valence-electron chi connectivity index (χ4n) is 5.11. The van der Waals surface area contributed by atoms with Gasteiger partial charge in [-0.3, -0.25) is 4.79 Å². The summed E-state index contributed by atoms with van der Waals surface area (Å²) in [6.07, 6.45) is 11.9. The van der Waals surface area contributed by atoms with E-state index in [4.69, 9.17) is 9.41 Å². The van der Waals surface area contributed by atoms with Crippen LogP contribution in [0.4, 0.5) is 5.95 Å². The quantitative estimate of drug-likeness (QED) is 0.228. The zero-order valence-corrected chi connectivity index (χ0v) is 24.7. The van der Waals surface area contributed by atoms with E-state index >= 15 is 0 Å². The first-order chi connectivity index (χ1) is 17.5. The number of anilines is 1. The molecule has 3 aromatic rings. The Labute approximate surface area is 223 Å². The number of aromatic nitrogens is 3. The third kappa shape index (κ3) is 6.15. The van der Waals surface area contributed by atoms with E-state index in [-0.39, 0.29) is 5.04 Å². The molecule has 1 N–H and O–H groups in total. The first-order valence-electron chi connectivity index (χ1n) is 13.9. The Morgan fingerprint density at radius 2 is 1.84 bits per heavy atom. The van der Waals surface area contributed by atoms with Crippen molar-refractivity contribution in [3.05, 3.63) is 42.2 Å². The molecule has 0 aliphatic heterocycles. The Balaban J connectivity index is 1.63. The number of nitrogens with one attached hydrogen (secondary N) is 1. The molecule has 4 rings (SSSR count). The maximum absolute atomic E-state index is 11.2. The normalized spacial score (nSPS) is 19.6. The zero-order chi connectivity index (χ0) is 26.8. The summed E-state index contributed by atoms with van der Waals surface area (Å²) in [5, 5.41) is 4.76. The van der Waals surface area contributed by atoms with Crippen LogP contribution in [0.3, 0.4) is 0 Å². The summed E-state index contributed by atoms with van der Waals surface area (Å²) in [5.41, 5.74) is 3.85. The molecule has 1 unspecified atom stereocenters. The molecule has 0 amide bonds. The Bertz CT molecular complexity index is 1200. The number of hydrogen-bond acceptors (Lipinski definition) is 5. The third-order valence-electron chi connectivity index (χ3n) is 8.33. The Kier molecular flexibility index (Phi) is 8.24. The largest absolute Gasteiger partial charge is 0.414 e. The van der Waals surface area contributed by atoms with Gasteiger partial charge in [-0.2, -0.15) is 4.98 Å². The second-order valence-electron chi connectivity index (χ2n) is 12.3. The minimum absolute atomic E-state index is 0.226. The van der Waals surface area contributed by atoms with Crippen molar-refractivity contribution in [2.45, 2.75) is 109 Å². The molecule has 6 nitrogen and oxygen atoms in total. The summed E-state index contributed by atoms with van der Waals surface area (Å²) in [6, 6.07) is 8.48. The minimum Gasteiger partial charge on any atom is -0.414 e. The van der Waals surface area contributed by atoms with E-state index in [1.54, 1.807) is 0 Å². The van der Waals surface area contributed by atoms with Crippen LogP contribution in [0.25, 0.3) is 22.2 Å². The summed E-state index contributed by atoms with van der Waals surface area (Å²) in [5.74, 6) is 0.686. The molecule has 1 aliphatic carbocycles. The zero-order valence-electron chi connectivity index (χ0n) is 23.7. The van der Waals surface area contributed by atoms with Crippen molar-refractivity contribution in [2.24, 2.45) is 0 Å². The van der Waals surface area contributed by atoms with Crippen LogP contribution in [0.15, 0.2) is 36.7 Å². The fourth-order valence-corrected chi connectivity index (χ4v) is 6.53. The molecule has 7 heteroatoms. The van der Waals surface area contributed by atoms with E-state index < -0.39 is 8.32 Å². The molecule has 1 fully saturated rings. The second-order valence-corrected chi connectivity index (χ2v) is 17.0. The van der Waals surface area contributed by atoms with Gasteiger partial charge in [0.05, 0.1) is 0 Å². The Morgan fingerprint density at radius 3 is 2.43 bits per heavy atom.